The first-order valence-electron chi connectivity index (χ1n) is 9.43. The zero-order valence-corrected chi connectivity index (χ0v) is 19.2. The average Bonchev–Trinajstić information content (AvgIpc) is 3.02. The van der Waals surface area contributed by atoms with E-state index in [2.05, 4.69) is 27.1 Å². The third-order valence-electron chi connectivity index (χ3n) is 4.83. The van der Waals surface area contributed by atoms with Crippen LogP contribution >= 0.6 is 24.0 Å². The van der Waals surface area contributed by atoms with Crippen molar-refractivity contribution in [2.75, 3.05) is 55.7 Å². The van der Waals surface area contributed by atoms with Crippen LogP contribution in [-0.2, 0) is 9.84 Å². The molecule has 1 aromatic rings. The monoisotopic (exact) mass is 526 g/mol. The zero-order chi connectivity index (χ0) is 19.3. The van der Waals surface area contributed by atoms with E-state index in [1.807, 2.05) is 4.90 Å². The van der Waals surface area contributed by atoms with Crippen molar-refractivity contribution in [3.8, 4) is 0 Å². The van der Waals surface area contributed by atoms with Crippen molar-refractivity contribution in [1.82, 2.24) is 20.2 Å². The first-order valence-corrected chi connectivity index (χ1v) is 11.2. The largest absolute Gasteiger partial charge is 0.356 e. The topological polar surface area (TPSA) is 90.8 Å². The number of hydrogen-bond donors (Lipinski definition) is 1. The highest BCUT2D eigenvalue weighted by atomic mass is 127. The summed E-state index contributed by atoms with van der Waals surface area (Å²) in [7, 11) is -2.88. The van der Waals surface area contributed by atoms with E-state index >= 15 is 0 Å². The number of nitrogens with zero attached hydrogens (tertiary/aromatic N) is 5. The SMILES string of the molecule is CCCNC(=NCC1CCS(=O)(=O)C1)N1CCN(c2ncc(F)cn2)CC1.I. The second-order valence-corrected chi connectivity index (χ2v) is 9.26. The van der Waals surface area contributed by atoms with Crippen molar-refractivity contribution in [1.29, 1.82) is 0 Å². The van der Waals surface area contributed by atoms with Crippen molar-refractivity contribution in [2.45, 2.75) is 19.8 Å². The molecule has 28 heavy (non-hydrogen) atoms. The molecule has 1 atom stereocenters. The smallest absolute Gasteiger partial charge is 0.225 e. The Kier molecular flexibility index (Phi) is 8.65. The summed E-state index contributed by atoms with van der Waals surface area (Å²) in [5.41, 5.74) is 0. The van der Waals surface area contributed by atoms with E-state index in [1.54, 1.807) is 0 Å². The second-order valence-electron chi connectivity index (χ2n) is 7.04. The molecule has 11 heteroatoms. The summed E-state index contributed by atoms with van der Waals surface area (Å²) in [4.78, 5) is 17.0. The molecule has 2 aliphatic rings. The van der Waals surface area contributed by atoms with Gasteiger partial charge in [0.1, 0.15) is 0 Å². The highest BCUT2D eigenvalue weighted by Gasteiger charge is 2.28. The summed E-state index contributed by atoms with van der Waals surface area (Å²) in [6.45, 7) is 6.39. The van der Waals surface area contributed by atoms with Gasteiger partial charge in [-0.05, 0) is 18.8 Å². The third-order valence-corrected chi connectivity index (χ3v) is 6.66. The van der Waals surface area contributed by atoms with E-state index in [0.29, 0.717) is 18.9 Å². The van der Waals surface area contributed by atoms with Gasteiger partial charge < -0.3 is 15.1 Å². The lowest BCUT2D eigenvalue weighted by Crippen LogP contribution is -2.53. The molecule has 0 aliphatic carbocycles. The third kappa shape index (κ3) is 6.39. The highest BCUT2D eigenvalue weighted by Crippen LogP contribution is 2.19. The Hall–Kier alpha value is -1.24. The molecule has 0 spiro atoms. The number of piperazine rings is 1. The Balaban J connectivity index is 0.00000280. The average molecular weight is 526 g/mol. The molecule has 0 saturated carbocycles. The van der Waals surface area contributed by atoms with Gasteiger partial charge in [0.2, 0.25) is 5.95 Å². The standard InChI is InChI=1S/C17H27FN6O2S.HI/c1-2-4-19-16(20-10-14-3-9-27(25,26)13-14)23-5-7-24(8-6-23)17-21-11-15(18)12-22-17;/h11-12,14H,2-10,13H2,1H3,(H,19,20);1H. The van der Waals surface area contributed by atoms with Crippen molar-refractivity contribution < 1.29 is 12.8 Å². The molecule has 2 saturated heterocycles. The molecule has 2 fully saturated rings. The van der Waals surface area contributed by atoms with Crippen LogP contribution in [0.1, 0.15) is 19.8 Å². The minimum absolute atomic E-state index is 0. The maximum atomic E-state index is 13.0. The molecular weight excluding hydrogens is 498 g/mol. The van der Waals surface area contributed by atoms with Gasteiger partial charge in [0.25, 0.3) is 0 Å². The van der Waals surface area contributed by atoms with Crippen LogP contribution < -0.4 is 10.2 Å². The predicted octanol–water partition coefficient (Wildman–Crippen LogP) is 1.15. The van der Waals surface area contributed by atoms with Crippen LogP contribution in [0.5, 0.6) is 0 Å². The predicted molar refractivity (Wildman–Crippen MR) is 119 cm³/mol. The summed E-state index contributed by atoms with van der Waals surface area (Å²) in [5.74, 6) is 1.56. The highest BCUT2D eigenvalue weighted by molar-refractivity contribution is 14.0. The fourth-order valence-electron chi connectivity index (χ4n) is 3.32. The van der Waals surface area contributed by atoms with Gasteiger partial charge in [0.15, 0.2) is 21.6 Å². The van der Waals surface area contributed by atoms with Crippen LogP contribution in [0, 0.1) is 11.7 Å². The number of sulfone groups is 1. The van der Waals surface area contributed by atoms with Crippen LogP contribution in [0.25, 0.3) is 0 Å². The van der Waals surface area contributed by atoms with Crippen LogP contribution in [-0.4, -0.2) is 80.0 Å². The van der Waals surface area contributed by atoms with Gasteiger partial charge in [-0.15, -0.1) is 24.0 Å². The fraction of sp³-hybridized carbons (Fsp3) is 0.706. The fourth-order valence-corrected chi connectivity index (χ4v) is 5.17. The Morgan fingerprint density at radius 3 is 2.54 bits per heavy atom. The molecule has 2 aliphatic heterocycles. The molecule has 0 aromatic carbocycles. The van der Waals surface area contributed by atoms with Gasteiger partial charge in [-0.2, -0.15) is 0 Å². The van der Waals surface area contributed by atoms with Crippen molar-refractivity contribution in [3.63, 3.8) is 0 Å². The number of aliphatic imine (C=N–C) groups is 1. The molecule has 3 rings (SSSR count). The van der Waals surface area contributed by atoms with E-state index in [1.165, 1.54) is 12.4 Å². The van der Waals surface area contributed by atoms with Gasteiger partial charge in [0.05, 0.1) is 23.9 Å². The number of aromatic nitrogens is 2. The number of halogens is 2. The van der Waals surface area contributed by atoms with E-state index in [4.69, 9.17) is 4.99 Å². The van der Waals surface area contributed by atoms with Gasteiger partial charge in [-0.3, -0.25) is 4.99 Å². The Labute approximate surface area is 183 Å². The van der Waals surface area contributed by atoms with E-state index in [0.717, 1.165) is 45.1 Å². The molecule has 3 heterocycles. The Morgan fingerprint density at radius 1 is 1.29 bits per heavy atom. The number of guanidine groups is 1. The quantitative estimate of drug-likeness (QED) is 0.350. The van der Waals surface area contributed by atoms with Crippen LogP contribution in [0.4, 0.5) is 10.3 Å². The lowest BCUT2D eigenvalue weighted by Gasteiger charge is -2.36. The summed E-state index contributed by atoms with van der Waals surface area (Å²) in [6, 6.07) is 0. The Morgan fingerprint density at radius 2 is 1.96 bits per heavy atom. The molecule has 0 bridgehead atoms. The molecule has 1 N–H and O–H groups in total. The van der Waals surface area contributed by atoms with Crippen molar-refractivity contribution >= 4 is 45.7 Å². The van der Waals surface area contributed by atoms with E-state index in [-0.39, 0.29) is 41.4 Å². The van der Waals surface area contributed by atoms with Gasteiger partial charge in [0, 0.05) is 39.3 Å². The summed E-state index contributed by atoms with van der Waals surface area (Å²) in [6.07, 6.45) is 4.04. The maximum Gasteiger partial charge on any atom is 0.225 e. The zero-order valence-electron chi connectivity index (χ0n) is 16.1. The van der Waals surface area contributed by atoms with Crippen molar-refractivity contribution in [3.05, 3.63) is 18.2 Å². The second kappa shape index (κ2) is 10.5. The number of nitrogens with one attached hydrogen (secondary N) is 1. The lowest BCUT2D eigenvalue weighted by molar-refractivity contribution is 0.368. The molecule has 0 radical (unpaired) electrons. The number of hydrogen-bond acceptors (Lipinski definition) is 6. The molecule has 1 aromatic heterocycles. The summed E-state index contributed by atoms with van der Waals surface area (Å²) >= 11 is 0. The van der Waals surface area contributed by atoms with E-state index < -0.39 is 15.7 Å². The van der Waals surface area contributed by atoms with Crippen LogP contribution in [0.2, 0.25) is 0 Å². The van der Waals surface area contributed by atoms with Gasteiger partial charge in [-0.1, -0.05) is 6.92 Å². The lowest BCUT2D eigenvalue weighted by atomic mass is 10.1. The van der Waals surface area contributed by atoms with Crippen LogP contribution in [0.3, 0.4) is 0 Å². The van der Waals surface area contributed by atoms with Gasteiger partial charge in [-0.25, -0.2) is 22.8 Å². The minimum Gasteiger partial charge on any atom is -0.356 e. The number of anilines is 1. The summed E-state index contributed by atoms with van der Waals surface area (Å²) in [5, 5.41) is 3.37. The molecule has 1 unspecified atom stereocenters. The van der Waals surface area contributed by atoms with Gasteiger partial charge >= 0.3 is 0 Å². The first kappa shape index (κ1) is 23.0. The molecule has 0 amide bonds. The molecular formula is C17H28FIN6O2S. The van der Waals surface area contributed by atoms with E-state index in [9.17, 15) is 12.8 Å². The normalized spacial score (nSPS) is 22.1. The first-order chi connectivity index (χ1) is 13.0. The molecule has 8 nitrogen and oxygen atoms in total. The maximum absolute atomic E-state index is 13.0. The minimum atomic E-state index is -2.88. The number of rotatable bonds is 5. The summed E-state index contributed by atoms with van der Waals surface area (Å²) < 4.78 is 36.3. The molecule has 158 valence electrons. The van der Waals surface area contributed by atoms with Crippen LogP contribution in [0.15, 0.2) is 17.4 Å². The van der Waals surface area contributed by atoms with Crippen molar-refractivity contribution in [2.24, 2.45) is 10.9 Å². The Bertz CT molecular complexity index is 753.